The molecule has 10 heteroatoms. The summed E-state index contributed by atoms with van der Waals surface area (Å²) < 4.78 is 40.3. The lowest BCUT2D eigenvalue weighted by Gasteiger charge is -2.08. The molecule has 1 N–H and O–H groups in total. The second kappa shape index (κ2) is 8.46. The van der Waals surface area contributed by atoms with Crippen molar-refractivity contribution in [3.05, 3.63) is 71.8 Å². The van der Waals surface area contributed by atoms with E-state index in [4.69, 9.17) is 0 Å². The Morgan fingerprint density at radius 2 is 1.93 bits per heavy atom. The number of carbonyl (C=O) groups excluding carboxylic acids is 1. The van der Waals surface area contributed by atoms with Crippen molar-refractivity contribution in [3.63, 3.8) is 0 Å². The van der Waals surface area contributed by atoms with Gasteiger partial charge in [-0.3, -0.25) is 9.78 Å². The minimum atomic E-state index is -4.83. The lowest BCUT2D eigenvalue weighted by molar-refractivity contribution is -0.276. The van der Waals surface area contributed by atoms with Gasteiger partial charge in [0.25, 0.3) is 5.91 Å². The second-order valence-electron chi connectivity index (χ2n) is 5.78. The van der Waals surface area contributed by atoms with Crippen LogP contribution in [0.2, 0.25) is 0 Å². The van der Waals surface area contributed by atoms with Crippen molar-refractivity contribution in [2.75, 3.05) is 0 Å². The molecule has 2 aromatic heterocycles. The molecular weight excluding hydrogens is 387 g/mol. The number of pyridine rings is 1. The summed E-state index contributed by atoms with van der Waals surface area (Å²) in [5.41, 5.74) is 4.81. The van der Waals surface area contributed by atoms with Gasteiger partial charge in [0.15, 0.2) is 0 Å². The Morgan fingerprint density at radius 3 is 2.62 bits per heavy atom. The van der Waals surface area contributed by atoms with Gasteiger partial charge in [-0.2, -0.15) is 5.10 Å². The van der Waals surface area contributed by atoms with Crippen molar-refractivity contribution in [2.24, 2.45) is 5.10 Å². The number of nitrogens with one attached hydrogen (secondary N) is 1. The molecule has 0 atom stereocenters. The number of aromatic nitrogens is 3. The summed E-state index contributed by atoms with van der Waals surface area (Å²) in [7, 11) is 0. The number of amides is 1. The Hall–Kier alpha value is -3.82. The molecule has 148 valence electrons. The SMILES string of the molecule is Cc1ccccc1/C=N/NC(=O)c1cncc(-c2ccc(OC(F)(F)F)nc2)n1. The van der Waals surface area contributed by atoms with Crippen LogP contribution in [0.15, 0.2) is 60.1 Å². The zero-order valence-corrected chi connectivity index (χ0v) is 15.0. The number of hydrazone groups is 1. The molecule has 1 amide bonds. The molecule has 3 aromatic rings. The number of ether oxygens (including phenoxy) is 1. The minimum absolute atomic E-state index is 0.0138. The van der Waals surface area contributed by atoms with Crippen LogP contribution in [0.4, 0.5) is 13.2 Å². The van der Waals surface area contributed by atoms with Crippen LogP contribution in [0, 0.1) is 6.92 Å². The fourth-order valence-corrected chi connectivity index (χ4v) is 2.27. The molecule has 0 aliphatic carbocycles. The van der Waals surface area contributed by atoms with Crippen LogP contribution in [0.1, 0.15) is 21.6 Å². The molecule has 0 bridgehead atoms. The second-order valence-corrected chi connectivity index (χ2v) is 5.78. The fourth-order valence-electron chi connectivity index (χ4n) is 2.27. The first kappa shape index (κ1) is 19.9. The Kier molecular flexibility index (Phi) is 5.82. The van der Waals surface area contributed by atoms with E-state index in [-0.39, 0.29) is 11.4 Å². The molecule has 0 saturated heterocycles. The third-order valence-electron chi connectivity index (χ3n) is 3.68. The van der Waals surface area contributed by atoms with Gasteiger partial charge in [0.1, 0.15) is 5.69 Å². The number of rotatable bonds is 5. The van der Waals surface area contributed by atoms with E-state index in [9.17, 15) is 18.0 Å². The van der Waals surface area contributed by atoms with Gasteiger partial charge in [0, 0.05) is 17.8 Å². The van der Waals surface area contributed by atoms with Crippen LogP contribution >= 0.6 is 0 Å². The molecule has 1 aromatic carbocycles. The van der Waals surface area contributed by atoms with E-state index >= 15 is 0 Å². The van der Waals surface area contributed by atoms with E-state index in [2.05, 4.69) is 30.2 Å². The molecule has 0 aliphatic heterocycles. The molecule has 0 spiro atoms. The zero-order valence-electron chi connectivity index (χ0n) is 15.0. The maximum Gasteiger partial charge on any atom is 0.574 e. The predicted octanol–water partition coefficient (Wildman–Crippen LogP) is 3.51. The van der Waals surface area contributed by atoms with Gasteiger partial charge in [-0.25, -0.2) is 15.4 Å². The number of halogens is 3. The number of aryl methyl sites for hydroxylation is 1. The van der Waals surface area contributed by atoms with Crippen molar-refractivity contribution in [3.8, 4) is 17.1 Å². The van der Waals surface area contributed by atoms with Crippen LogP contribution in [-0.4, -0.2) is 33.4 Å². The molecule has 0 radical (unpaired) electrons. The summed E-state index contributed by atoms with van der Waals surface area (Å²) in [4.78, 5) is 23.9. The van der Waals surface area contributed by atoms with Crippen LogP contribution < -0.4 is 10.2 Å². The molecular formula is C19H14F3N5O2. The van der Waals surface area contributed by atoms with Crippen LogP contribution in [0.25, 0.3) is 11.3 Å². The van der Waals surface area contributed by atoms with E-state index in [1.165, 1.54) is 24.7 Å². The molecule has 7 nitrogen and oxygen atoms in total. The maximum absolute atomic E-state index is 12.2. The van der Waals surface area contributed by atoms with Gasteiger partial charge < -0.3 is 4.74 Å². The van der Waals surface area contributed by atoms with Crippen molar-refractivity contribution < 1.29 is 22.7 Å². The Morgan fingerprint density at radius 1 is 1.14 bits per heavy atom. The normalized spacial score (nSPS) is 11.4. The van der Waals surface area contributed by atoms with E-state index in [0.717, 1.165) is 23.4 Å². The first-order valence-corrected chi connectivity index (χ1v) is 8.25. The average molecular weight is 401 g/mol. The molecule has 0 unspecified atom stereocenters. The van der Waals surface area contributed by atoms with E-state index in [1.54, 1.807) is 0 Å². The molecule has 0 saturated carbocycles. The Balaban J connectivity index is 1.70. The van der Waals surface area contributed by atoms with Gasteiger partial charge in [-0.15, -0.1) is 13.2 Å². The molecule has 3 rings (SSSR count). The van der Waals surface area contributed by atoms with Gasteiger partial charge >= 0.3 is 6.36 Å². The van der Waals surface area contributed by atoms with Gasteiger partial charge in [-0.05, 0) is 24.1 Å². The van der Waals surface area contributed by atoms with Gasteiger partial charge in [-0.1, -0.05) is 24.3 Å². The van der Waals surface area contributed by atoms with Gasteiger partial charge in [0.05, 0.1) is 24.3 Å². The lowest BCUT2D eigenvalue weighted by Crippen LogP contribution is -2.19. The highest BCUT2D eigenvalue weighted by Gasteiger charge is 2.31. The summed E-state index contributed by atoms with van der Waals surface area (Å²) in [6.07, 6.45) is 0.424. The van der Waals surface area contributed by atoms with Crippen molar-refractivity contribution in [2.45, 2.75) is 13.3 Å². The number of hydrogen-bond acceptors (Lipinski definition) is 6. The first-order chi connectivity index (χ1) is 13.8. The summed E-state index contributed by atoms with van der Waals surface area (Å²) in [6, 6.07) is 9.88. The van der Waals surface area contributed by atoms with Gasteiger partial charge in [0.2, 0.25) is 5.88 Å². The molecule has 29 heavy (non-hydrogen) atoms. The van der Waals surface area contributed by atoms with Crippen LogP contribution in [0.3, 0.4) is 0 Å². The quantitative estimate of drug-likeness (QED) is 0.522. The monoisotopic (exact) mass is 401 g/mol. The summed E-state index contributed by atoms with van der Waals surface area (Å²) in [5.74, 6) is -1.19. The van der Waals surface area contributed by atoms with Crippen LogP contribution in [0.5, 0.6) is 5.88 Å². The Bertz CT molecular complexity index is 1040. The first-order valence-electron chi connectivity index (χ1n) is 8.25. The highest BCUT2D eigenvalue weighted by molar-refractivity contribution is 5.93. The number of hydrogen-bond donors (Lipinski definition) is 1. The number of alkyl halides is 3. The number of nitrogens with zero attached hydrogens (tertiary/aromatic N) is 4. The number of carbonyl (C=O) groups is 1. The summed E-state index contributed by atoms with van der Waals surface area (Å²) >= 11 is 0. The Labute approximate surface area is 163 Å². The lowest BCUT2D eigenvalue weighted by atomic mass is 10.1. The third-order valence-corrected chi connectivity index (χ3v) is 3.68. The molecule has 0 fully saturated rings. The predicted molar refractivity (Wildman–Crippen MR) is 98.2 cm³/mol. The number of benzene rings is 1. The highest BCUT2D eigenvalue weighted by Crippen LogP contribution is 2.23. The smallest absolute Gasteiger partial charge is 0.388 e. The standard InChI is InChI=1S/C19H14F3N5O2/c1-12-4-2-3-5-13(12)9-25-27-18(28)16-11-23-10-15(26-16)14-6-7-17(24-8-14)29-19(20,21)22/h2-11H,1H3,(H,27,28)/b25-9+. The van der Waals surface area contributed by atoms with Crippen molar-refractivity contribution in [1.82, 2.24) is 20.4 Å². The average Bonchev–Trinajstić information content (AvgIpc) is 2.69. The summed E-state index contributed by atoms with van der Waals surface area (Å²) in [6.45, 7) is 1.91. The minimum Gasteiger partial charge on any atom is -0.388 e. The topological polar surface area (TPSA) is 89.4 Å². The third kappa shape index (κ3) is 5.58. The maximum atomic E-state index is 12.2. The van der Waals surface area contributed by atoms with E-state index in [1.807, 2.05) is 31.2 Å². The van der Waals surface area contributed by atoms with Crippen molar-refractivity contribution in [1.29, 1.82) is 0 Å². The molecule has 0 aliphatic rings. The molecule has 2 heterocycles. The largest absolute Gasteiger partial charge is 0.574 e. The van der Waals surface area contributed by atoms with E-state index in [0.29, 0.717) is 5.56 Å². The highest BCUT2D eigenvalue weighted by atomic mass is 19.4. The van der Waals surface area contributed by atoms with Crippen molar-refractivity contribution >= 4 is 12.1 Å². The van der Waals surface area contributed by atoms with E-state index < -0.39 is 18.1 Å². The zero-order chi connectivity index (χ0) is 20.9. The van der Waals surface area contributed by atoms with Crippen LogP contribution in [-0.2, 0) is 0 Å². The fraction of sp³-hybridized carbons (Fsp3) is 0.105. The summed E-state index contributed by atoms with van der Waals surface area (Å²) in [5, 5.41) is 3.90.